The van der Waals surface area contributed by atoms with E-state index < -0.39 is 17.4 Å². The van der Waals surface area contributed by atoms with Crippen LogP contribution in [-0.2, 0) is 4.79 Å². The molecule has 1 fully saturated rings. The van der Waals surface area contributed by atoms with Gasteiger partial charge in [0.2, 0.25) is 5.91 Å². The smallest absolute Gasteiger partial charge is 0.305 e. The molecule has 0 aromatic heterocycles. The fourth-order valence-electron chi connectivity index (χ4n) is 2.34. The highest BCUT2D eigenvalue weighted by Crippen LogP contribution is 2.38. The van der Waals surface area contributed by atoms with Gasteiger partial charge in [0.05, 0.1) is 17.0 Å². The van der Waals surface area contributed by atoms with Crippen molar-refractivity contribution < 1.29 is 14.7 Å². The molecular weight excluding hydrogens is 268 g/mol. The monoisotopic (exact) mass is 282 g/mol. The normalized spacial score (nSPS) is 16.5. The Labute approximate surface area is 115 Å². The quantitative estimate of drug-likeness (QED) is 0.772. The standard InChI is InChI=1S/C13H15ClN2O3/c14-10-6-8(2-3-9(10)12(15)19)16-13(4-1-5-13)7-11(17)18/h2-3,6,16H,1,4-5,7H2,(H2,15,19)(H,17,18). The summed E-state index contributed by atoms with van der Waals surface area (Å²) in [4.78, 5) is 22.0. The van der Waals surface area contributed by atoms with E-state index in [0.29, 0.717) is 5.69 Å². The Balaban J connectivity index is 2.17. The van der Waals surface area contributed by atoms with Crippen LogP contribution in [0.1, 0.15) is 36.0 Å². The number of hydrogen-bond donors (Lipinski definition) is 3. The van der Waals surface area contributed by atoms with Crippen molar-refractivity contribution in [2.24, 2.45) is 5.73 Å². The van der Waals surface area contributed by atoms with E-state index >= 15 is 0 Å². The van der Waals surface area contributed by atoms with Crippen molar-refractivity contribution in [3.05, 3.63) is 28.8 Å². The van der Waals surface area contributed by atoms with Crippen molar-refractivity contribution in [2.45, 2.75) is 31.2 Å². The topological polar surface area (TPSA) is 92.4 Å². The molecule has 0 aliphatic heterocycles. The lowest BCUT2D eigenvalue weighted by Crippen LogP contribution is -2.46. The zero-order valence-electron chi connectivity index (χ0n) is 10.3. The van der Waals surface area contributed by atoms with E-state index in [2.05, 4.69) is 5.32 Å². The van der Waals surface area contributed by atoms with Crippen LogP contribution in [0.4, 0.5) is 5.69 Å². The Morgan fingerprint density at radius 2 is 2.11 bits per heavy atom. The third kappa shape index (κ3) is 2.98. The molecular formula is C13H15ClN2O3. The highest BCUT2D eigenvalue weighted by atomic mass is 35.5. The van der Waals surface area contributed by atoms with Crippen LogP contribution in [0.5, 0.6) is 0 Å². The predicted octanol–water partition coefficient (Wildman–Crippen LogP) is 2.25. The molecule has 2 rings (SSSR count). The fraction of sp³-hybridized carbons (Fsp3) is 0.385. The first-order valence-electron chi connectivity index (χ1n) is 6.01. The van der Waals surface area contributed by atoms with Crippen molar-refractivity contribution >= 4 is 29.2 Å². The second-order valence-corrected chi connectivity index (χ2v) is 5.30. The number of benzene rings is 1. The van der Waals surface area contributed by atoms with Crippen molar-refractivity contribution in [3.8, 4) is 0 Å². The van der Waals surface area contributed by atoms with Crippen LogP contribution in [0.3, 0.4) is 0 Å². The Morgan fingerprint density at radius 3 is 2.53 bits per heavy atom. The van der Waals surface area contributed by atoms with Gasteiger partial charge in [-0.1, -0.05) is 11.6 Å². The Morgan fingerprint density at radius 1 is 1.42 bits per heavy atom. The molecule has 19 heavy (non-hydrogen) atoms. The summed E-state index contributed by atoms with van der Waals surface area (Å²) >= 11 is 5.96. The molecule has 1 aromatic carbocycles. The largest absolute Gasteiger partial charge is 0.481 e. The van der Waals surface area contributed by atoms with Crippen LogP contribution < -0.4 is 11.1 Å². The molecule has 1 aliphatic carbocycles. The third-order valence-electron chi connectivity index (χ3n) is 3.44. The molecule has 102 valence electrons. The lowest BCUT2D eigenvalue weighted by atomic mass is 9.74. The van der Waals surface area contributed by atoms with E-state index in [0.717, 1.165) is 19.3 Å². The average molecular weight is 283 g/mol. The van der Waals surface area contributed by atoms with Gasteiger partial charge in [0.25, 0.3) is 0 Å². The molecule has 0 heterocycles. The maximum atomic E-state index is 11.1. The SMILES string of the molecule is NC(=O)c1ccc(NC2(CC(=O)O)CCC2)cc1Cl. The van der Waals surface area contributed by atoms with Gasteiger partial charge in [-0.3, -0.25) is 9.59 Å². The average Bonchev–Trinajstić information content (AvgIpc) is 2.25. The van der Waals surface area contributed by atoms with Gasteiger partial charge in [-0.25, -0.2) is 0 Å². The van der Waals surface area contributed by atoms with E-state index in [1.807, 2.05) is 0 Å². The van der Waals surface area contributed by atoms with Crippen LogP contribution in [-0.4, -0.2) is 22.5 Å². The van der Waals surface area contributed by atoms with Gasteiger partial charge in [-0.2, -0.15) is 0 Å². The number of carbonyl (C=O) groups is 2. The lowest BCUT2D eigenvalue weighted by Gasteiger charge is -2.42. The number of nitrogens with two attached hydrogens (primary N) is 1. The number of halogens is 1. The van der Waals surface area contributed by atoms with Gasteiger partial charge >= 0.3 is 5.97 Å². The molecule has 0 unspecified atom stereocenters. The van der Waals surface area contributed by atoms with Crippen LogP contribution in [0.15, 0.2) is 18.2 Å². The van der Waals surface area contributed by atoms with Crippen LogP contribution in [0.2, 0.25) is 5.02 Å². The lowest BCUT2D eigenvalue weighted by molar-refractivity contribution is -0.138. The summed E-state index contributed by atoms with van der Waals surface area (Å²) in [5, 5.41) is 12.4. The highest BCUT2D eigenvalue weighted by molar-refractivity contribution is 6.34. The minimum Gasteiger partial charge on any atom is -0.481 e. The number of hydrogen-bond acceptors (Lipinski definition) is 3. The van der Waals surface area contributed by atoms with E-state index in [4.69, 9.17) is 22.4 Å². The number of carboxylic acid groups (broad SMARTS) is 1. The Bertz CT molecular complexity index is 527. The number of amides is 1. The number of rotatable bonds is 5. The summed E-state index contributed by atoms with van der Waals surface area (Å²) in [5.41, 5.74) is 5.74. The van der Waals surface area contributed by atoms with Crippen molar-refractivity contribution in [2.75, 3.05) is 5.32 Å². The molecule has 1 saturated carbocycles. The zero-order valence-corrected chi connectivity index (χ0v) is 11.0. The fourth-order valence-corrected chi connectivity index (χ4v) is 2.61. The van der Waals surface area contributed by atoms with Crippen LogP contribution in [0.25, 0.3) is 0 Å². The molecule has 4 N–H and O–H groups in total. The number of anilines is 1. The molecule has 0 saturated heterocycles. The minimum atomic E-state index is -0.827. The summed E-state index contributed by atoms with van der Waals surface area (Å²) in [7, 11) is 0. The Hall–Kier alpha value is -1.75. The number of carboxylic acids is 1. The molecule has 0 bridgehead atoms. The molecule has 0 spiro atoms. The summed E-state index contributed by atoms with van der Waals surface area (Å²) in [5.74, 6) is -1.41. The molecule has 0 radical (unpaired) electrons. The third-order valence-corrected chi connectivity index (χ3v) is 3.76. The number of aliphatic carboxylic acids is 1. The molecule has 5 nitrogen and oxygen atoms in total. The predicted molar refractivity (Wildman–Crippen MR) is 72.4 cm³/mol. The van der Waals surface area contributed by atoms with Gasteiger partial charge in [-0.15, -0.1) is 0 Å². The molecule has 1 aromatic rings. The second-order valence-electron chi connectivity index (χ2n) is 4.89. The molecule has 1 aliphatic rings. The van der Waals surface area contributed by atoms with Crippen molar-refractivity contribution in [3.63, 3.8) is 0 Å². The minimum absolute atomic E-state index is 0.0716. The van der Waals surface area contributed by atoms with Gasteiger partial charge in [-0.05, 0) is 37.5 Å². The summed E-state index contributed by atoms with van der Waals surface area (Å²) in [6, 6.07) is 4.83. The van der Waals surface area contributed by atoms with E-state index in [1.165, 1.54) is 0 Å². The van der Waals surface area contributed by atoms with E-state index in [9.17, 15) is 9.59 Å². The van der Waals surface area contributed by atoms with E-state index in [1.54, 1.807) is 18.2 Å². The summed E-state index contributed by atoms with van der Waals surface area (Å²) < 4.78 is 0. The first-order chi connectivity index (χ1) is 8.92. The van der Waals surface area contributed by atoms with Gasteiger partial charge in [0, 0.05) is 11.2 Å². The van der Waals surface area contributed by atoms with Gasteiger partial charge in [0.15, 0.2) is 0 Å². The number of carbonyl (C=O) groups excluding carboxylic acids is 1. The van der Waals surface area contributed by atoms with Crippen molar-refractivity contribution in [1.29, 1.82) is 0 Å². The maximum Gasteiger partial charge on any atom is 0.305 e. The van der Waals surface area contributed by atoms with Gasteiger partial charge < -0.3 is 16.2 Å². The molecule has 6 heteroatoms. The first-order valence-corrected chi connectivity index (χ1v) is 6.39. The van der Waals surface area contributed by atoms with Gasteiger partial charge in [0.1, 0.15) is 0 Å². The summed E-state index contributed by atoms with van der Waals surface area (Å²) in [6.07, 6.45) is 2.71. The molecule has 1 amide bonds. The van der Waals surface area contributed by atoms with Crippen LogP contribution >= 0.6 is 11.6 Å². The second kappa shape index (κ2) is 5.09. The Kier molecular flexibility index (Phi) is 3.66. The highest BCUT2D eigenvalue weighted by Gasteiger charge is 2.39. The molecule has 0 atom stereocenters. The number of nitrogens with one attached hydrogen (secondary N) is 1. The first kappa shape index (κ1) is 13.7. The van der Waals surface area contributed by atoms with Crippen molar-refractivity contribution in [1.82, 2.24) is 0 Å². The number of primary amides is 1. The van der Waals surface area contributed by atoms with E-state index in [-0.39, 0.29) is 17.0 Å². The zero-order chi connectivity index (χ0) is 14.0. The summed E-state index contributed by atoms with van der Waals surface area (Å²) in [6.45, 7) is 0. The van der Waals surface area contributed by atoms with Crippen LogP contribution in [0, 0.1) is 0 Å². The maximum absolute atomic E-state index is 11.1.